The number of nitrogens with one attached hydrogen (secondary N) is 1. The Morgan fingerprint density at radius 2 is 1.36 bits per heavy atom. The van der Waals surface area contributed by atoms with Crippen molar-refractivity contribution in [2.24, 2.45) is 0 Å². The van der Waals surface area contributed by atoms with E-state index in [1.807, 2.05) is 0 Å². The summed E-state index contributed by atoms with van der Waals surface area (Å²) in [6, 6.07) is 7.15. The Morgan fingerprint density at radius 3 is 1.79 bits per heavy atom. The zero-order chi connectivity index (χ0) is 20.8. The summed E-state index contributed by atoms with van der Waals surface area (Å²) in [5, 5.41) is 3.06. The fourth-order valence-electron chi connectivity index (χ4n) is 3.12. The van der Waals surface area contributed by atoms with E-state index in [0.717, 1.165) is 11.1 Å². The first-order valence-electron chi connectivity index (χ1n) is 8.55. The maximum Gasteiger partial charge on any atom is 0.336 e. The summed E-state index contributed by atoms with van der Waals surface area (Å²) in [4.78, 5) is 36.1. The van der Waals surface area contributed by atoms with Crippen LogP contribution in [0, 0.1) is 0 Å². The summed E-state index contributed by atoms with van der Waals surface area (Å²) in [6.07, 6.45) is 2.93. The van der Waals surface area contributed by atoms with Crippen LogP contribution >= 0.6 is 0 Å². The largest absolute Gasteiger partial charge is 0.466 e. The van der Waals surface area contributed by atoms with Crippen molar-refractivity contribution in [2.45, 2.75) is 19.8 Å². The highest BCUT2D eigenvalue weighted by atomic mass is 16.5. The molecular weight excluding hydrogens is 362 g/mol. The Hall–Kier alpha value is -3.35. The number of benzene rings is 1. The molecule has 0 saturated carbocycles. The third kappa shape index (κ3) is 4.31. The van der Waals surface area contributed by atoms with Crippen molar-refractivity contribution in [1.82, 2.24) is 5.32 Å². The molecule has 0 atom stereocenters. The molecule has 28 heavy (non-hydrogen) atoms. The molecule has 0 bridgehead atoms. The topological polar surface area (TPSA) is 90.9 Å². The van der Waals surface area contributed by atoms with Crippen LogP contribution in [0.1, 0.15) is 30.9 Å². The van der Waals surface area contributed by atoms with E-state index in [1.54, 1.807) is 44.2 Å². The van der Waals surface area contributed by atoms with Crippen LogP contribution in [-0.2, 0) is 28.6 Å². The Morgan fingerprint density at radius 1 is 0.857 bits per heavy atom. The van der Waals surface area contributed by atoms with Crippen LogP contribution in [0.3, 0.4) is 0 Å². The van der Waals surface area contributed by atoms with Crippen LogP contribution in [0.4, 0.5) is 0 Å². The van der Waals surface area contributed by atoms with Gasteiger partial charge in [0.15, 0.2) is 0 Å². The van der Waals surface area contributed by atoms with Crippen molar-refractivity contribution in [3.63, 3.8) is 0 Å². The standard InChI is InChI=1S/C21H23NO6/c1-12-17(20(24)27-4)19(18(13(2)22-12)21(25)28-5)15-9-6-14(7-10-15)8-11-16(23)26-3/h6-11,19,22H,1-5H3/b11-8+. The number of dihydropyridines is 1. The number of rotatable bonds is 5. The third-order valence-electron chi connectivity index (χ3n) is 4.45. The van der Waals surface area contributed by atoms with Gasteiger partial charge in [0.25, 0.3) is 0 Å². The lowest BCUT2D eigenvalue weighted by Gasteiger charge is -2.30. The van der Waals surface area contributed by atoms with Gasteiger partial charge in [-0.2, -0.15) is 0 Å². The molecule has 0 spiro atoms. The maximum atomic E-state index is 12.4. The molecule has 1 N–H and O–H groups in total. The molecule has 148 valence electrons. The Kier molecular flexibility index (Phi) is 6.76. The quantitative estimate of drug-likeness (QED) is 0.473. The van der Waals surface area contributed by atoms with E-state index in [0.29, 0.717) is 22.5 Å². The minimum Gasteiger partial charge on any atom is -0.466 e. The molecule has 1 aliphatic heterocycles. The number of hydrogen-bond donors (Lipinski definition) is 1. The van der Waals surface area contributed by atoms with Crippen molar-refractivity contribution in [3.05, 3.63) is 64.0 Å². The first-order valence-corrected chi connectivity index (χ1v) is 8.55. The Labute approximate surface area is 163 Å². The van der Waals surface area contributed by atoms with Gasteiger partial charge in [0.05, 0.1) is 38.4 Å². The molecule has 7 heteroatoms. The summed E-state index contributed by atoms with van der Waals surface area (Å²) in [5.41, 5.74) is 3.38. The molecular formula is C21H23NO6. The summed E-state index contributed by atoms with van der Waals surface area (Å²) >= 11 is 0. The molecule has 1 aliphatic rings. The van der Waals surface area contributed by atoms with E-state index >= 15 is 0 Å². The zero-order valence-corrected chi connectivity index (χ0v) is 16.5. The van der Waals surface area contributed by atoms with Gasteiger partial charge in [-0.15, -0.1) is 0 Å². The number of allylic oxidation sites excluding steroid dienone is 2. The summed E-state index contributed by atoms with van der Waals surface area (Å²) in [6.45, 7) is 3.51. The third-order valence-corrected chi connectivity index (χ3v) is 4.45. The molecule has 7 nitrogen and oxygen atoms in total. The molecule has 1 aromatic rings. The smallest absolute Gasteiger partial charge is 0.336 e. The average molecular weight is 385 g/mol. The number of ether oxygens (including phenoxy) is 3. The van der Waals surface area contributed by atoms with Crippen molar-refractivity contribution < 1.29 is 28.6 Å². The van der Waals surface area contributed by atoms with E-state index < -0.39 is 23.8 Å². The number of esters is 3. The fraction of sp³-hybridized carbons (Fsp3) is 0.286. The van der Waals surface area contributed by atoms with Gasteiger partial charge in [0, 0.05) is 17.5 Å². The average Bonchev–Trinajstić information content (AvgIpc) is 2.70. The van der Waals surface area contributed by atoms with E-state index in [9.17, 15) is 14.4 Å². The second kappa shape index (κ2) is 9.03. The molecule has 0 aliphatic carbocycles. The van der Waals surface area contributed by atoms with Gasteiger partial charge in [-0.3, -0.25) is 0 Å². The molecule has 0 unspecified atom stereocenters. The highest BCUT2D eigenvalue weighted by molar-refractivity contribution is 5.99. The molecule has 1 heterocycles. The highest BCUT2D eigenvalue weighted by Crippen LogP contribution is 2.39. The lowest BCUT2D eigenvalue weighted by atomic mass is 9.80. The van der Waals surface area contributed by atoms with E-state index in [2.05, 4.69) is 10.1 Å². The Bertz CT molecular complexity index is 839. The van der Waals surface area contributed by atoms with Gasteiger partial charge in [0.1, 0.15) is 0 Å². The van der Waals surface area contributed by atoms with Gasteiger partial charge in [-0.25, -0.2) is 14.4 Å². The second-order valence-electron chi connectivity index (χ2n) is 6.14. The van der Waals surface area contributed by atoms with Gasteiger partial charge in [-0.05, 0) is 31.1 Å². The lowest BCUT2D eigenvalue weighted by Crippen LogP contribution is -2.32. The minimum absolute atomic E-state index is 0.339. The normalized spacial score (nSPS) is 14.8. The molecule has 0 saturated heterocycles. The number of hydrogen-bond acceptors (Lipinski definition) is 7. The first kappa shape index (κ1) is 21.0. The predicted octanol–water partition coefficient (Wildman–Crippen LogP) is 2.45. The van der Waals surface area contributed by atoms with Crippen LogP contribution < -0.4 is 5.32 Å². The van der Waals surface area contributed by atoms with Crippen LogP contribution in [0.5, 0.6) is 0 Å². The maximum absolute atomic E-state index is 12.4. The predicted molar refractivity (Wildman–Crippen MR) is 103 cm³/mol. The minimum atomic E-state index is -0.639. The van der Waals surface area contributed by atoms with Crippen LogP contribution in [-0.4, -0.2) is 39.2 Å². The first-order chi connectivity index (χ1) is 13.3. The van der Waals surface area contributed by atoms with Gasteiger partial charge < -0.3 is 19.5 Å². The molecule has 0 amide bonds. The molecule has 0 fully saturated rings. The Balaban J connectivity index is 2.53. The van der Waals surface area contributed by atoms with Gasteiger partial charge in [-0.1, -0.05) is 24.3 Å². The molecule has 2 rings (SSSR count). The molecule has 0 aromatic heterocycles. The SMILES string of the molecule is COC(=O)/C=C/c1ccc(C2C(C(=O)OC)=C(C)NC(C)=C2C(=O)OC)cc1. The lowest BCUT2D eigenvalue weighted by molar-refractivity contribution is -0.137. The van der Waals surface area contributed by atoms with E-state index in [1.165, 1.54) is 27.4 Å². The zero-order valence-electron chi connectivity index (χ0n) is 16.5. The summed E-state index contributed by atoms with van der Waals surface area (Å²) in [7, 11) is 3.89. The summed E-state index contributed by atoms with van der Waals surface area (Å²) in [5.74, 6) is -2.16. The van der Waals surface area contributed by atoms with E-state index in [4.69, 9.17) is 9.47 Å². The molecule has 0 radical (unpaired) electrons. The van der Waals surface area contributed by atoms with Gasteiger partial charge >= 0.3 is 17.9 Å². The van der Waals surface area contributed by atoms with E-state index in [-0.39, 0.29) is 0 Å². The summed E-state index contributed by atoms with van der Waals surface area (Å²) < 4.78 is 14.4. The van der Waals surface area contributed by atoms with Crippen LogP contribution in [0.25, 0.3) is 6.08 Å². The highest BCUT2D eigenvalue weighted by Gasteiger charge is 2.37. The van der Waals surface area contributed by atoms with Crippen LogP contribution in [0.15, 0.2) is 52.9 Å². The van der Waals surface area contributed by atoms with Crippen molar-refractivity contribution in [3.8, 4) is 0 Å². The van der Waals surface area contributed by atoms with Crippen molar-refractivity contribution in [1.29, 1.82) is 0 Å². The van der Waals surface area contributed by atoms with Crippen molar-refractivity contribution in [2.75, 3.05) is 21.3 Å². The monoisotopic (exact) mass is 385 g/mol. The van der Waals surface area contributed by atoms with Crippen LogP contribution in [0.2, 0.25) is 0 Å². The van der Waals surface area contributed by atoms with Crippen molar-refractivity contribution >= 4 is 24.0 Å². The number of carbonyl (C=O) groups is 3. The molecule has 1 aromatic carbocycles. The van der Waals surface area contributed by atoms with Gasteiger partial charge in [0.2, 0.25) is 0 Å². The second-order valence-corrected chi connectivity index (χ2v) is 6.14. The number of carbonyl (C=O) groups excluding carboxylic acids is 3. The number of methoxy groups -OCH3 is 3. The fourth-order valence-corrected chi connectivity index (χ4v) is 3.12.